The average molecular weight is 125 g/mol. The fourth-order valence-corrected chi connectivity index (χ4v) is 0.913. The van der Waals surface area contributed by atoms with Gasteiger partial charge in [-0.15, -0.1) is 0 Å². The summed E-state index contributed by atoms with van der Waals surface area (Å²) in [5.41, 5.74) is -0.130. The first-order chi connectivity index (χ1) is 4.10. The van der Waals surface area contributed by atoms with Gasteiger partial charge >= 0.3 is 0 Å². The molecule has 1 heterocycles. The summed E-state index contributed by atoms with van der Waals surface area (Å²) in [6.45, 7) is 3.95. The number of carbonyl (C=O) groups is 1. The molecule has 0 saturated heterocycles. The van der Waals surface area contributed by atoms with E-state index < -0.39 is 0 Å². The van der Waals surface area contributed by atoms with Crippen LogP contribution in [0.15, 0.2) is 12.2 Å². The minimum Gasteiger partial charge on any atom is -0.347 e. The lowest BCUT2D eigenvalue weighted by atomic mass is 10.0. The minimum absolute atomic E-state index is 0.113. The van der Waals surface area contributed by atoms with E-state index in [1.807, 2.05) is 26.0 Å². The van der Waals surface area contributed by atoms with Gasteiger partial charge in [-0.25, -0.2) is 0 Å². The Labute approximate surface area is 54.9 Å². The number of amides is 1. The third kappa shape index (κ3) is 1.56. The van der Waals surface area contributed by atoms with Crippen molar-refractivity contribution in [2.75, 3.05) is 0 Å². The summed E-state index contributed by atoms with van der Waals surface area (Å²) in [6, 6.07) is 0. The van der Waals surface area contributed by atoms with E-state index in [0.29, 0.717) is 6.42 Å². The molecule has 0 spiro atoms. The molecule has 0 unspecified atom stereocenters. The molecule has 0 saturated carbocycles. The van der Waals surface area contributed by atoms with E-state index in [-0.39, 0.29) is 11.4 Å². The summed E-state index contributed by atoms with van der Waals surface area (Å²) in [5, 5.41) is 2.83. The highest BCUT2D eigenvalue weighted by molar-refractivity contribution is 5.79. The van der Waals surface area contributed by atoms with Crippen molar-refractivity contribution < 1.29 is 4.79 Å². The van der Waals surface area contributed by atoms with Crippen molar-refractivity contribution in [1.29, 1.82) is 0 Å². The zero-order chi connectivity index (χ0) is 6.91. The molecule has 0 radical (unpaired) electrons. The molecular formula is C7H11NO. The van der Waals surface area contributed by atoms with E-state index in [1.54, 1.807) is 0 Å². The van der Waals surface area contributed by atoms with Crippen molar-refractivity contribution in [3.63, 3.8) is 0 Å². The van der Waals surface area contributed by atoms with Crippen LogP contribution in [0.4, 0.5) is 0 Å². The summed E-state index contributed by atoms with van der Waals surface area (Å²) in [7, 11) is 0. The lowest BCUT2D eigenvalue weighted by molar-refractivity contribution is -0.121. The molecule has 2 heteroatoms. The van der Waals surface area contributed by atoms with Gasteiger partial charge in [0.15, 0.2) is 0 Å². The van der Waals surface area contributed by atoms with Gasteiger partial charge in [0.1, 0.15) is 0 Å². The molecule has 1 amide bonds. The molecule has 1 aliphatic rings. The molecule has 0 bridgehead atoms. The Hall–Kier alpha value is -0.790. The fraction of sp³-hybridized carbons (Fsp3) is 0.571. The van der Waals surface area contributed by atoms with Gasteiger partial charge in [0.2, 0.25) is 5.91 Å². The van der Waals surface area contributed by atoms with E-state index in [4.69, 9.17) is 0 Å². The Kier molecular flexibility index (Phi) is 1.31. The second-order valence-corrected chi connectivity index (χ2v) is 2.88. The first-order valence-electron chi connectivity index (χ1n) is 3.09. The molecule has 0 aromatic carbocycles. The molecule has 1 N–H and O–H groups in total. The van der Waals surface area contributed by atoms with Crippen LogP contribution in [-0.2, 0) is 4.79 Å². The first kappa shape index (κ1) is 6.33. The number of rotatable bonds is 0. The number of carbonyl (C=O) groups excluding carboxylic acids is 1. The van der Waals surface area contributed by atoms with Crippen LogP contribution in [0, 0.1) is 0 Å². The van der Waals surface area contributed by atoms with Crippen LogP contribution >= 0.6 is 0 Å². The van der Waals surface area contributed by atoms with E-state index in [0.717, 1.165) is 0 Å². The van der Waals surface area contributed by atoms with Crippen LogP contribution in [-0.4, -0.2) is 11.4 Å². The second kappa shape index (κ2) is 1.87. The molecular weight excluding hydrogens is 114 g/mol. The third-order valence-corrected chi connectivity index (χ3v) is 1.30. The van der Waals surface area contributed by atoms with Gasteiger partial charge in [-0.3, -0.25) is 4.79 Å². The smallest absolute Gasteiger partial charge is 0.224 e. The highest BCUT2D eigenvalue weighted by Gasteiger charge is 2.18. The lowest BCUT2D eigenvalue weighted by Crippen LogP contribution is -2.43. The van der Waals surface area contributed by atoms with Gasteiger partial charge < -0.3 is 5.32 Å². The van der Waals surface area contributed by atoms with Crippen molar-refractivity contribution in [3.8, 4) is 0 Å². The molecule has 9 heavy (non-hydrogen) atoms. The predicted molar refractivity (Wildman–Crippen MR) is 36.0 cm³/mol. The molecule has 0 fully saturated rings. The molecule has 0 aromatic heterocycles. The van der Waals surface area contributed by atoms with Crippen LogP contribution in [0.1, 0.15) is 20.3 Å². The van der Waals surface area contributed by atoms with Crippen LogP contribution in [0.2, 0.25) is 0 Å². The highest BCUT2D eigenvalue weighted by atomic mass is 16.1. The standard InChI is InChI=1S/C7H11NO/c1-7(2)5-3-4-6(9)8-7/h3,5H,4H2,1-2H3,(H,8,9). The lowest BCUT2D eigenvalue weighted by Gasteiger charge is -2.25. The van der Waals surface area contributed by atoms with Gasteiger partial charge in [-0.1, -0.05) is 12.2 Å². The normalized spacial score (nSPS) is 23.6. The molecule has 1 aliphatic heterocycles. The quantitative estimate of drug-likeness (QED) is 0.477. The predicted octanol–water partition coefficient (Wildman–Crippen LogP) is 0.841. The highest BCUT2D eigenvalue weighted by Crippen LogP contribution is 2.09. The Morgan fingerprint density at radius 2 is 2.33 bits per heavy atom. The van der Waals surface area contributed by atoms with Gasteiger partial charge in [-0.2, -0.15) is 0 Å². The van der Waals surface area contributed by atoms with Gasteiger partial charge in [0.05, 0.1) is 5.54 Å². The first-order valence-corrected chi connectivity index (χ1v) is 3.09. The Morgan fingerprint density at radius 3 is 2.67 bits per heavy atom. The van der Waals surface area contributed by atoms with Crippen LogP contribution in [0.5, 0.6) is 0 Å². The van der Waals surface area contributed by atoms with E-state index >= 15 is 0 Å². The third-order valence-electron chi connectivity index (χ3n) is 1.30. The minimum atomic E-state index is -0.130. The monoisotopic (exact) mass is 125 g/mol. The largest absolute Gasteiger partial charge is 0.347 e. The summed E-state index contributed by atoms with van der Waals surface area (Å²) >= 11 is 0. The maximum Gasteiger partial charge on any atom is 0.224 e. The van der Waals surface area contributed by atoms with Gasteiger partial charge in [-0.05, 0) is 13.8 Å². The molecule has 2 nitrogen and oxygen atoms in total. The van der Waals surface area contributed by atoms with Crippen LogP contribution in [0.25, 0.3) is 0 Å². The molecule has 0 aromatic rings. The fourth-order valence-electron chi connectivity index (χ4n) is 0.913. The van der Waals surface area contributed by atoms with Crippen molar-refractivity contribution in [2.45, 2.75) is 25.8 Å². The zero-order valence-electron chi connectivity index (χ0n) is 5.77. The number of hydrogen-bond donors (Lipinski definition) is 1. The maximum atomic E-state index is 10.7. The van der Waals surface area contributed by atoms with E-state index in [9.17, 15) is 4.79 Å². The summed E-state index contributed by atoms with van der Waals surface area (Å²) < 4.78 is 0. The SMILES string of the molecule is CC1(C)C=CCC(=O)N1. The van der Waals surface area contributed by atoms with E-state index in [2.05, 4.69) is 5.32 Å². The molecule has 1 rings (SSSR count). The molecule has 0 atom stereocenters. The van der Waals surface area contributed by atoms with Crippen LogP contribution in [0.3, 0.4) is 0 Å². The average Bonchev–Trinajstić information content (AvgIpc) is 1.60. The van der Waals surface area contributed by atoms with Gasteiger partial charge in [0.25, 0.3) is 0 Å². The Morgan fingerprint density at radius 1 is 1.67 bits per heavy atom. The van der Waals surface area contributed by atoms with Crippen molar-refractivity contribution >= 4 is 5.91 Å². The second-order valence-electron chi connectivity index (χ2n) is 2.88. The molecule has 0 aliphatic carbocycles. The van der Waals surface area contributed by atoms with Crippen molar-refractivity contribution in [1.82, 2.24) is 5.32 Å². The maximum absolute atomic E-state index is 10.7. The topological polar surface area (TPSA) is 29.1 Å². The van der Waals surface area contributed by atoms with Crippen molar-refractivity contribution in [3.05, 3.63) is 12.2 Å². The molecule has 50 valence electrons. The zero-order valence-corrected chi connectivity index (χ0v) is 5.77. The summed E-state index contributed by atoms with van der Waals surface area (Å²) in [6.07, 6.45) is 4.44. The summed E-state index contributed by atoms with van der Waals surface area (Å²) in [5.74, 6) is 0.113. The van der Waals surface area contributed by atoms with Gasteiger partial charge in [0, 0.05) is 6.42 Å². The van der Waals surface area contributed by atoms with Crippen LogP contribution < -0.4 is 5.32 Å². The summed E-state index contributed by atoms with van der Waals surface area (Å²) in [4.78, 5) is 10.7. The Balaban J connectivity index is 2.71. The van der Waals surface area contributed by atoms with E-state index in [1.165, 1.54) is 0 Å². The number of nitrogens with one attached hydrogen (secondary N) is 1. The number of hydrogen-bond acceptors (Lipinski definition) is 1. The Bertz CT molecular complexity index is 158. The van der Waals surface area contributed by atoms with Crippen molar-refractivity contribution in [2.24, 2.45) is 0 Å².